The maximum absolute atomic E-state index is 12.4. The lowest BCUT2D eigenvalue weighted by Gasteiger charge is -2.20. The van der Waals surface area contributed by atoms with Crippen LogP contribution in [-0.4, -0.2) is 47.4 Å². The third-order valence-electron chi connectivity index (χ3n) is 15.0. The average Bonchev–Trinajstić information content (AvgIpc) is 3.37. The molecule has 0 saturated carbocycles. The highest BCUT2D eigenvalue weighted by Crippen LogP contribution is 2.18. The molecule has 0 aromatic heterocycles. The molecule has 0 fully saturated rings. The summed E-state index contributed by atoms with van der Waals surface area (Å²) in [5.74, 6) is -0.0535. The molecule has 0 aliphatic heterocycles. The number of esters is 1. The van der Waals surface area contributed by atoms with Gasteiger partial charge in [0.1, 0.15) is 0 Å². The monoisotopic (exact) mass is 1000 g/mol. The van der Waals surface area contributed by atoms with Crippen molar-refractivity contribution >= 4 is 11.9 Å². The van der Waals surface area contributed by atoms with Crippen molar-refractivity contribution in [2.24, 2.45) is 0 Å². The van der Waals surface area contributed by atoms with Gasteiger partial charge in [0.25, 0.3) is 0 Å². The summed E-state index contributed by atoms with van der Waals surface area (Å²) in [6.07, 6.45) is 75.3. The molecule has 0 aromatic carbocycles. The Labute approximate surface area is 443 Å². The highest BCUT2D eigenvalue weighted by Gasteiger charge is 2.18. The summed E-state index contributed by atoms with van der Waals surface area (Å²) < 4.78 is 5.48. The number of allylic oxidation sites excluding steroid dienone is 3. The molecule has 3 N–H and O–H groups in total. The minimum absolute atomic E-state index is 0.0114. The van der Waals surface area contributed by atoms with Crippen LogP contribution in [0.15, 0.2) is 24.3 Å². The highest BCUT2D eigenvalue weighted by atomic mass is 16.5. The van der Waals surface area contributed by atoms with Crippen molar-refractivity contribution in [1.29, 1.82) is 0 Å². The maximum atomic E-state index is 12.4. The van der Waals surface area contributed by atoms with Crippen LogP contribution < -0.4 is 5.32 Å². The zero-order valence-corrected chi connectivity index (χ0v) is 48.0. The SMILES string of the molecule is CCCCCCC/C=C\CCCCCCCC(=O)OCCCCCCCCCCCCCCCCCCCCCCCCCCCCCCCCC(=O)NC(CO)C(O)/C=C/CCCCCCCCCC. The van der Waals surface area contributed by atoms with Gasteiger partial charge in [0, 0.05) is 12.8 Å². The van der Waals surface area contributed by atoms with E-state index in [1.54, 1.807) is 6.08 Å². The van der Waals surface area contributed by atoms with E-state index >= 15 is 0 Å². The maximum Gasteiger partial charge on any atom is 0.305 e. The minimum Gasteiger partial charge on any atom is -0.466 e. The average molecular weight is 1000 g/mol. The molecule has 2 atom stereocenters. The normalized spacial score (nSPS) is 12.7. The smallest absolute Gasteiger partial charge is 0.305 e. The molecule has 6 nitrogen and oxygen atoms in total. The lowest BCUT2D eigenvalue weighted by Crippen LogP contribution is -2.45. The number of amides is 1. The van der Waals surface area contributed by atoms with E-state index in [-0.39, 0.29) is 18.5 Å². The van der Waals surface area contributed by atoms with Gasteiger partial charge in [0.2, 0.25) is 5.91 Å². The predicted octanol–water partition coefficient (Wildman–Crippen LogP) is 20.2. The van der Waals surface area contributed by atoms with Crippen molar-refractivity contribution in [3.05, 3.63) is 24.3 Å². The van der Waals surface area contributed by atoms with E-state index < -0.39 is 12.1 Å². The molecule has 0 aliphatic carbocycles. The largest absolute Gasteiger partial charge is 0.466 e. The first-order valence-electron chi connectivity index (χ1n) is 32.1. The van der Waals surface area contributed by atoms with Gasteiger partial charge >= 0.3 is 5.97 Å². The zero-order chi connectivity index (χ0) is 51.4. The number of ether oxygens (including phenoxy) is 1. The first kappa shape index (κ1) is 69.3. The first-order chi connectivity index (χ1) is 35.0. The van der Waals surface area contributed by atoms with Gasteiger partial charge in [-0.2, -0.15) is 0 Å². The Morgan fingerprint density at radius 2 is 0.662 bits per heavy atom. The fourth-order valence-electron chi connectivity index (χ4n) is 10.0. The Bertz CT molecular complexity index is 1110. The molecular formula is C65H125NO5. The molecule has 1 amide bonds. The summed E-state index contributed by atoms with van der Waals surface area (Å²) in [5, 5.41) is 23.0. The summed E-state index contributed by atoms with van der Waals surface area (Å²) >= 11 is 0. The molecule has 0 radical (unpaired) electrons. The lowest BCUT2D eigenvalue weighted by molar-refractivity contribution is -0.143. The van der Waals surface area contributed by atoms with Crippen LogP contribution in [0.2, 0.25) is 0 Å². The molecule has 0 rings (SSSR count). The predicted molar refractivity (Wildman–Crippen MR) is 310 cm³/mol. The van der Waals surface area contributed by atoms with Crippen LogP contribution in [0.3, 0.4) is 0 Å². The molecule has 71 heavy (non-hydrogen) atoms. The fraction of sp³-hybridized carbons (Fsp3) is 0.908. The number of aliphatic hydroxyl groups is 2. The second-order valence-corrected chi connectivity index (χ2v) is 22.1. The third kappa shape index (κ3) is 57.5. The second kappa shape index (κ2) is 60.9. The summed E-state index contributed by atoms with van der Waals surface area (Å²) in [7, 11) is 0. The van der Waals surface area contributed by atoms with E-state index in [9.17, 15) is 19.8 Å². The van der Waals surface area contributed by atoms with Crippen molar-refractivity contribution in [1.82, 2.24) is 5.32 Å². The first-order valence-corrected chi connectivity index (χ1v) is 32.1. The van der Waals surface area contributed by atoms with Crippen molar-refractivity contribution in [2.75, 3.05) is 13.2 Å². The van der Waals surface area contributed by atoms with Gasteiger partial charge in [-0.05, 0) is 57.8 Å². The van der Waals surface area contributed by atoms with Gasteiger partial charge < -0.3 is 20.3 Å². The lowest BCUT2D eigenvalue weighted by atomic mass is 10.0. The van der Waals surface area contributed by atoms with E-state index in [1.165, 1.54) is 283 Å². The van der Waals surface area contributed by atoms with E-state index in [2.05, 4.69) is 31.3 Å². The van der Waals surface area contributed by atoms with E-state index in [0.29, 0.717) is 19.4 Å². The summed E-state index contributed by atoms with van der Waals surface area (Å²) in [4.78, 5) is 24.5. The van der Waals surface area contributed by atoms with Gasteiger partial charge in [-0.3, -0.25) is 9.59 Å². The molecule has 0 aromatic rings. The van der Waals surface area contributed by atoms with Gasteiger partial charge in [0.15, 0.2) is 0 Å². The Morgan fingerprint density at radius 1 is 0.380 bits per heavy atom. The van der Waals surface area contributed by atoms with Crippen LogP contribution in [0.4, 0.5) is 0 Å². The Hall–Kier alpha value is -1.66. The Morgan fingerprint density at radius 3 is 1.00 bits per heavy atom. The van der Waals surface area contributed by atoms with E-state index in [1.807, 2.05) is 6.08 Å². The number of carbonyl (C=O) groups is 2. The molecule has 420 valence electrons. The van der Waals surface area contributed by atoms with E-state index in [0.717, 1.165) is 44.9 Å². The van der Waals surface area contributed by atoms with Crippen molar-refractivity contribution in [3.63, 3.8) is 0 Å². The summed E-state index contributed by atoms with van der Waals surface area (Å²) in [6.45, 7) is 4.89. The summed E-state index contributed by atoms with van der Waals surface area (Å²) in [5.41, 5.74) is 0. The van der Waals surface area contributed by atoms with Crippen LogP contribution in [0.25, 0.3) is 0 Å². The number of hydrogen-bond acceptors (Lipinski definition) is 5. The number of hydrogen-bond donors (Lipinski definition) is 3. The van der Waals surface area contributed by atoms with Crippen molar-refractivity contribution < 1.29 is 24.5 Å². The molecule has 0 bridgehead atoms. The number of rotatable bonds is 60. The third-order valence-corrected chi connectivity index (χ3v) is 15.0. The molecule has 2 unspecified atom stereocenters. The molecule has 6 heteroatoms. The molecule has 0 spiro atoms. The van der Waals surface area contributed by atoms with Gasteiger partial charge in [0.05, 0.1) is 25.4 Å². The minimum atomic E-state index is -0.839. The van der Waals surface area contributed by atoms with Crippen LogP contribution in [0, 0.1) is 0 Å². The van der Waals surface area contributed by atoms with Crippen LogP contribution in [0.5, 0.6) is 0 Å². The molecule has 0 heterocycles. The fourth-order valence-corrected chi connectivity index (χ4v) is 10.0. The van der Waals surface area contributed by atoms with Crippen LogP contribution in [0.1, 0.15) is 354 Å². The Kier molecular flexibility index (Phi) is 59.5. The molecule has 0 saturated heterocycles. The van der Waals surface area contributed by atoms with Crippen LogP contribution in [-0.2, 0) is 14.3 Å². The van der Waals surface area contributed by atoms with Gasteiger partial charge in [-0.15, -0.1) is 0 Å². The Balaban J connectivity index is 3.31. The number of unbranched alkanes of at least 4 members (excludes halogenated alkanes) is 47. The van der Waals surface area contributed by atoms with Gasteiger partial charge in [-0.25, -0.2) is 0 Å². The molecular weight excluding hydrogens is 875 g/mol. The van der Waals surface area contributed by atoms with Crippen LogP contribution >= 0.6 is 0 Å². The number of carbonyl (C=O) groups excluding carboxylic acids is 2. The highest BCUT2D eigenvalue weighted by molar-refractivity contribution is 5.76. The number of nitrogens with one attached hydrogen (secondary N) is 1. The number of aliphatic hydroxyl groups excluding tert-OH is 2. The van der Waals surface area contributed by atoms with E-state index in [4.69, 9.17) is 4.74 Å². The topological polar surface area (TPSA) is 95.9 Å². The zero-order valence-electron chi connectivity index (χ0n) is 48.0. The second-order valence-electron chi connectivity index (χ2n) is 22.1. The standard InChI is InChI=1S/C65H125NO5/c1-3-5-7-9-11-13-15-16-36-39-43-47-51-55-59-65(70)71-60-56-52-48-44-40-37-34-32-30-28-26-24-22-20-18-17-19-21-23-25-27-29-31-33-35-38-42-46-50-54-58-64(69)66-62(61-67)63(68)57-53-49-45-41-14-12-10-8-6-4-2/h15-16,53,57,62-63,67-68H,3-14,17-52,54-56,58-61H2,1-2H3,(H,66,69)/b16-15-,57-53+. The molecule has 0 aliphatic rings. The summed E-state index contributed by atoms with van der Waals surface area (Å²) in [6, 6.07) is -0.622. The van der Waals surface area contributed by atoms with Crippen molar-refractivity contribution in [3.8, 4) is 0 Å². The van der Waals surface area contributed by atoms with Gasteiger partial charge in [-0.1, -0.05) is 308 Å². The quantitative estimate of drug-likeness (QED) is 0.0320. The van der Waals surface area contributed by atoms with Crippen molar-refractivity contribution in [2.45, 2.75) is 366 Å².